The minimum Gasteiger partial charge on any atom is -0.756 e. The largest absolute Gasteiger partial charge is 1.00 e. The fraction of sp³-hybridized carbons (Fsp3) is 0.649. The van der Waals surface area contributed by atoms with Crippen molar-refractivity contribution in [2.24, 2.45) is 17.3 Å². The van der Waals surface area contributed by atoms with Crippen LogP contribution in [0.5, 0.6) is 5.75 Å². The normalized spacial score (nSPS) is 36.8. The number of anilines is 1. The van der Waals surface area contributed by atoms with E-state index in [0.717, 1.165) is 48.7 Å². The molecule has 0 spiro atoms. The summed E-state index contributed by atoms with van der Waals surface area (Å²) in [6, 6.07) is 6.26. The zero-order valence-electron chi connectivity index (χ0n) is 36.3. The second-order valence-electron chi connectivity index (χ2n) is 17.4. The summed E-state index contributed by atoms with van der Waals surface area (Å²) in [4.78, 5) is 47.8. The van der Waals surface area contributed by atoms with E-state index in [1.165, 1.54) is 22.0 Å². The minimum absolute atomic E-state index is 0. The molecule has 9 N–H and O–H groups in total. The van der Waals surface area contributed by atoms with E-state index in [2.05, 4.69) is 53.2 Å². The summed E-state index contributed by atoms with van der Waals surface area (Å²) in [5, 5.41) is 74.2. The quantitative estimate of drug-likeness (QED) is 0.0483. The maximum Gasteiger partial charge on any atom is 1.00 e. The molecule has 9 rings (SSSR count). The Balaban J connectivity index is 0.00000324. The fourth-order valence-corrected chi connectivity index (χ4v) is 12.8. The van der Waals surface area contributed by atoms with Crippen molar-refractivity contribution in [3.63, 3.8) is 0 Å². The number of fused-ring (bicyclic) bond motifs is 6. The SMILES string of the molecule is COc1ccc2c(c1)CC[C@@H]1[C@@H]2CC[C@@]2(C)[C@H]1CC[C@@]2(O)c1cn(C[C@@H]2O[C@H](OP(=O)([O-])OP(=O)([O-])OC[C@H]3O[C@@H](n4cnc5c(=O)[nH]c(N)nc54)[C@H](O)[C@@H]3O)[C@@H](O)[C@H](O)[C@@H]2O)nn1.[Na+].[Na+]. The van der Waals surface area contributed by atoms with E-state index >= 15 is 0 Å². The van der Waals surface area contributed by atoms with E-state index in [-0.39, 0.29) is 87.8 Å². The van der Waals surface area contributed by atoms with Crippen LogP contribution in [0.4, 0.5) is 5.95 Å². The molecule has 0 bridgehead atoms. The molecule has 0 radical (unpaired) electrons. The smallest absolute Gasteiger partial charge is 0.756 e. The number of phosphoric ester groups is 2. The average molecular weight is 985 g/mol. The van der Waals surface area contributed by atoms with Gasteiger partial charge in [0.2, 0.25) is 5.95 Å². The van der Waals surface area contributed by atoms with Crippen molar-refractivity contribution in [1.29, 1.82) is 0 Å². The topological polar surface area (TPSA) is 377 Å². The van der Waals surface area contributed by atoms with Gasteiger partial charge in [0.1, 0.15) is 59.8 Å². The van der Waals surface area contributed by atoms with E-state index in [1.807, 2.05) is 6.07 Å². The molecule has 2 saturated carbocycles. The summed E-state index contributed by atoms with van der Waals surface area (Å²) >= 11 is 0. The predicted molar refractivity (Wildman–Crippen MR) is 210 cm³/mol. The second-order valence-corrected chi connectivity index (χ2v) is 20.3. The summed E-state index contributed by atoms with van der Waals surface area (Å²) in [6.45, 7) is 0.591. The van der Waals surface area contributed by atoms with Gasteiger partial charge in [-0.3, -0.25) is 28.0 Å². The number of imidazole rings is 1. The van der Waals surface area contributed by atoms with Gasteiger partial charge in [-0.25, -0.2) is 14.0 Å². The fourth-order valence-electron chi connectivity index (χ4n) is 10.7. The zero-order chi connectivity index (χ0) is 45.7. The van der Waals surface area contributed by atoms with Gasteiger partial charge in [0.25, 0.3) is 21.2 Å². The number of nitrogens with one attached hydrogen (secondary N) is 1. The van der Waals surface area contributed by atoms with Crippen molar-refractivity contribution in [2.45, 2.75) is 119 Å². The molecule has 0 amide bonds. The first kappa shape index (κ1) is 52.1. The second kappa shape index (κ2) is 19.5. The maximum absolute atomic E-state index is 12.9. The predicted octanol–water partition coefficient (Wildman–Crippen LogP) is -7.83. The van der Waals surface area contributed by atoms with E-state index in [9.17, 15) is 54.4 Å². The number of H-pyrrole nitrogens is 1. The Morgan fingerprint density at radius 3 is 2.47 bits per heavy atom. The third-order valence-electron chi connectivity index (χ3n) is 14.0. The van der Waals surface area contributed by atoms with Crippen LogP contribution in [0.1, 0.15) is 68.0 Å². The molecule has 16 atom stereocenters. The van der Waals surface area contributed by atoms with Crippen LogP contribution in [0, 0.1) is 17.3 Å². The van der Waals surface area contributed by atoms with Gasteiger partial charge in [-0.2, -0.15) is 4.98 Å². The van der Waals surface area contributed by atoms with Gasteiger partial charge < -0.3 is 64.9 Å². The molecule has 3 aromatic heterocycles. The molecule has 2 unspecified atom stereocenters. The summed E-state index contributed by atoms with van der Waals surface area (Å²) in [5.74, 6) is 1.43. The minimum atomic E-state index is -6.05. The Morgan fingerprint density at radius 1 is 0.985 bits per heavy atom. The van der Waals surface area contributed by atoms with Gasteiger partial charge in [0.15, 0.2) is 23.7 Å². The summed E-state index contributed by atoms with van der Waals surface area (Å²) in [6.07, 6.45) is -9.48. The molecular weight excluding hydrogens is 936 g/mol. The number of nitrogen functional groups attached to an aromatic ring is 1. The van der Waals surface area contributed by atoms with Gasteiger partial charge in [-0.1, -0.05) is 18.2 Å². The van der Waals surface area contributed by atoms with E-state index in [4.69, 9.17) is 24.5 Å². The number of hydrogen-bond acceptors (Lipinski definition) is 22. The van der Waals surface area contributed by atoms with Crippen LogP contribution in [-0.2, 0) is 50.5 Å². The van der Waals surface area contributed by atoms with Gasteiger partial charge >= 0.3 is 59.1 Å². The number of nitrogens with two attached hydrogens (primary N) is 1. The molecule has 4 fully saturated rings. The Kier molecular flexibility index (Phi) is 15.4. The van der Waals surface area contributed by atoms with Crippen LogP contribution in [0.15, 0.2) is 35.5 Å². The Bertz CT molecular complexity index is 2580. The summed E-state index contributed by atoms with van der Waals surface area (Å²) in [7, 11) is -10.3. The van der Waals surface area contributed by atoms with Gasteiger partial charge in [-0.05, 0) is 79.5 Å². The monoisotopic (exact) mass is 984 g/mol. The number of benzene rings is 1. The third-order valence-corrected chi connectivity index (χ3v) is 16.5. The van der Waals surface area contributed by atoms with Crippen LogP contribution in [-0.4, -0.2) is 128 Å². The number of aliphatic hydroxyl groups is 6. The number of rotatable bonds is 12. The van der Waals surface area contributed by atoms with Crippen molar-refractivity contribution in [2.75, 3.05) is 19.5 Å². The number of methoxy groups -OCH3 is 1. The van der Waals surface area contributed by atoms with Gasteiger partial charge in [0.05, 0.1) is 32.8 Å². The van der Waals surface area contributed by atoms with E-state index in [0.29, 0.717) is 18.3 Å². The molecule has 4 aromatic rings. The number of nitrogens with zero attached hydrogens (tertiary/aromatic N) is 6. The van der Waals surface area contributed by atoms with E-state index in [1.54, 1.807) is 7.11 Å². The molecule has 5 heterocycles. The van der Waals surface area contributed by atoms with Crippen LogP contribution < -0.4 is 84.9 Å². The first-order valence-corrected chi connectivity index (χ1v) is 23.5. The van der Waals surface area contributed by atoms with Crippen LogP contribution in [0.3, 0.4) is 0 Å². The van der Waals surface area contributed by atoms with Gasteiger partial charge in [-0.15, -0.1) is 5.10 Å². The molecule has 29 heteroatoms. The van der Waals surface area contributed by atoms with Crippen molar-refractivity contribution in [3.05, 3.63) is 57.9 Å². The van der Waals surface area contributed by atoms with Crippen molar-refractivity contribution >= 4 is 32.8 Å². The average Bonchev–Trinajstić information content (AvgIpc) is 4.02. The first-order valence-electron chi connectivity index (χ1n) is 20.6. The number of ether oxygens (including phenoxy) is 3. The molecular formula is C37H48N8Na2O17P2. The number of phosphoric acid groups is 2. The molecule has 5 aliphatic rings. The molecule has 3 aliphatic carbocycles. The maximum atomic E-state index is 12.9. The van der Waals surface area contributed by atoms with Gasteiger partial charge in [0, 0.05) is 5.41 Å². The third kappa shape index (κ3) is 9.33. The zero-order valence-corrected chi connectivity index (χ0v) is 42.1. The Labute approximate surface area is 419 Å². The van der Waals surface area contributed by atoms with E-state index < -0.39 is 101 Å². The number of hydrogen-bond donors (Lipinski definition) is 8. The van der Waals surface area contributed by atoms with Crippen LogP contribution in [0.25, 0.3) is 11.2 Å². The molecule has 350 valence electrons. The van der Waals surface area contributed by atoms with Crippen LogP contribution in [0.2, 0.25) is 0 Å². The first-order chi connectivity index (χ1) is 30.2. The number of aryl methyl sites for hydroxylation is 1. The summed E-state index contributed by atoms with van der Waals surface area (Å²) < 4.78 is 57.9. The van der Waals surface area contributed by atoms with Crippen molar-refractivity contribution in [3.8, 4) is 5.75 Å². The molecule has 66 heavy (non-hydrogen) atoms. The number of aliphatic hydroxyl groups excluding tert-OH is 5. The van der Waals surface area contributed by atoms with Crippen LogP contribution >= 0.6 is 15.6 Å². The standard InChI is InChI=1S/C37H50N8O17P2.2Na/c1-36-9-7-19-18-6-4-17(57-2)11-16(18)3-5-20(19)21(36)8-10-37(36,52)24-13-44(43-42-24)12-22-26(46)28(48)30(50)34(60-22)61-64(55,56)62-63(53,54)58-14-23-27(47)29(49)33(59-23)45-15-39-25-31(45)40-35(38)41-32(25)51;;/h4,6,11,13,15,19-23,26-30,33-34,46-50,52H,3,5,7-10,12,14H2,1-2H3,(H,53,54)(H,55,56)(H3,38,40,41,51);;/q;2*+1/p-2/t19-,20-,21+,22+,23-,26-,27-,28-,29-,30+,33-,34-,36+,37-;;/m1../s1. The Morgan fingerprint density at radius 2 is 1.73 bits per heavy atom. The number of aromatic amines is 1. The molecule has 1 aromatic carbocycles. The number of aromatic nitrogens is 7. The summed E-state index contributed by atoms with van der Waals surface area (Å²) in [5.41, 5.74) is 5.57. The molecule has 2 saturated heterocycles. The molecule has 25 nitrogen and oxygen atoms in total. The Hall–Kier alpha value is -1.75. The van der Waals surface area contributed by atoms with Crippen molar-refractivity contribution in [1.82, 2.24) is 34.5 Å². The van der Waals surface area contributed by atoms with Crippen molar-refractivity contribution < 1.29 is 136 Å². The molecule has 2 aliphatic heterocycles.